The van der Waals surface area contributed by atoms with E-state index in [1.165, 1.54) is 4.57 Å². The van der Waals surface area contributed by atoms with E-state index in [9.17, 15) is 13.6 Å². The summed E-state index contributed by atoms with van der Waals surface area (Å²) in [6, 6.07) is 8.94. The van der Waals surface area contributed by atoms with Gasteiger partial charge in [0.1, 0.15) is 17.5 Å². The number of carbonyl (C=O) groups excluding carboxylic acids is 1. The molecule has 3 saturated heterocycles. The Kier molecular flexibility index (Phi) is 8.43. The van der Waals surface area contributed by atoms with Gasteiger partial charge in [0.15, 0.2) is 5.82 Å². The summed E-state index contributed by atoms with van der Waals surface area (Å²) in [5.74, 6) is 2.36. The van der Waals surface area contributed by atoms with Crippen molar-refractivity contribution in [3.05, 3.63) is 42.0 Å². The molecule has 1 aromatic carbocycles. The molecule has 0 bridgehead atoms. The lowest BCUT2D eigenvalue weighted by Gasteiger charge is -2.31. The molecule has 220 valence electrons. The first-order chi connectivity index (χ1) is 20.0. The fraction of sp³-hybridized carbons (Fsp3) is 0.600. The number of likely N-dealkylation sites (tertiary alicyclic amines) is 2. The third kappa shape index (κ3) is 6.21. The predicted molar refractivity (Wildman–Crippen MR) is 152 cm³/mol. The van der Waals surface area contributed by atoms with Gasteiger partial charge in [-0.1, -0.05) is 12.1 Å². The molecule has 11 heteroatoms. The number of ether oxygens (including phenoxy) is 1. The minimum absolute atomic E-state index is 0.125. The molecular weight excluding hydrogens is 528 g/mol. The molecule has 3 fully saturated rings. The Morgan fingerprint density at radius 1 is 1.02 bits per heavy atom. The Balaban J connectivity index is 1.18. The number of para-hydroxylation sites is 2. The molecule has 41 heavy (non-hydrogen) atoms. The smallest absolute Gasteiger partial charge is 0.296 e. The number of anilines is 1. The first-order valence-electron chi connectivity index (χ1n) is 14.9. The van der Waals surface area contributed by atoms with E-state index in [4.69, 9.17) is 14.7 Å². The van der Waals surface area contributed by atoms with E-state index in [0.717, 1.165) is 64.1 Å². The van der Waals surface area contributed by atoms with Gasteiger partial charge >= 0.3 is 0 Å². The Morgan fingerprint density at radius 2 is 1.83 bits per heavy atom. The van der Waals surface area contributed by atoms with Crippen LogP contribution < -0.4 is 4.90 Å². The van der Waals surface area contributed by atoms with Crippen LogP contribution >= 0.6 is 0 Å². The highest BCUT2D eigenvalue weighted by Gasteiger charge is 2.32. The molecule has 0 radical (unpaired) electrons. The van der Waals surface area contributed by atoms with Crippen LogP contribution in [0.25, 0.3) is 16.9 Å². The van der Waals surface area contributed by atoms with E-state index in [1.807, 2.05) is 6.07 Å². The van der Waals surface area contributed by atoms with Crippen LogP contribution in [0.5, 0.6) is 0 Å². The Labute approximate surface area is 239 Å². The van der Waals surface area contributed by atoms with E-state index in [2.05, 4.69) is 26.7 Å². The summed E-state index contributed by atoms with van der Waals surface area (Å²) in [5.41, 5.74) is 1.11. The monoisotopic (exact) mass is 567 g/mol. The Bertz CT molecular complexity index is 1360. The molecule has 0 saturated carbocycles. The Morgan fingerprint density at radius 3 is 2.63 bits per heavy atom. The third-order valence-corrected chi connectivity index (χ3v) is 8.68. The average molecular weight is 568 g/mol. The highest BCUT2D eigenvalue weighted by atomic mass is 19.3. The summed E-state index contributed by atoms with van der Waals surface area (Å²) in [6.45, 7) is 6.15. The molecule has 2 aromatic heterocycles. The summed E-state index contributed by atoms with van der Waals surface area (Å²) < 4.78 is 35.2. The quantitative estimate of drug-likeness (QED) is 0.406. The second kappa shape index (κ2) is 12.4. The van der Waals surface area contributed by atoms with Crippen LogP contribution in [0.1, 0.15) is 50.2 Å². The van der Waals surface area contributed by atoms with Crippen LogP contribution in [0.2, 0.25) is 0 Å². The van der Waals surface area contributed by atoms with Crippen molar-refractivity contribution in [2.75, 3.05) is 64.4 Å². The molecule has 0 aliphatic carbocycles. The van der Waals surface area contributed by atoms with Gasteiger partial charge in [-0.15, -0.1) is 0 Å². The number of alkyl halides is 2. The predicted octanol–water partition coefficient (Wildman–Crippen LogP) is 4.10. The molecule has 3 aromatic rings. The molecule has 0 N–H and O–H groups in total. The number of fused-ring (bicyclic) bond motifs is 1. The number of imidazole rings is 1. The number of hydrogen-bond acceptors (Lipinski definition) is 7. The number of morpholine rings is 1. The molecule has 1 amide bonds. The van der Waals surface area contributed by atoms with Gasteiger partial charge in [-0.2, -0.15) is 0 Å². The van der Waals surface area contributed by atoms with Gasteiger partial charge < -0.3 is 19.4 Å². The van der Waals surface area contributed by atoms with Crippen molar-refractivity contribution in [3.8, 4) is 5.82 Å². The van der Waals surface area contributed by atoms with Gasteiger partial charge in [0.05, 0.1) is 30.2 Å². The number of rotatable bonds is 8. The molecule has 3 aliphatic heterocycles. The largest absolute Gasteiger partial charge is 0.378 e. The maximum absolute atomic E-state index is 14.1. The summed E-state index contributed by atoms with van der Waals surface area (Å²) in [6.07, 6.45) is 2.84. The van der Waals surface area contributed by atoms with Crippen LogP contribution in [0.3, 0.4) is 0 Å². The topological polar surface area (TPSA) is 79.6 Å². The molecule has 1 unspecified atom stereocenters. The van der Waals surface area contributed by atoms with Crippen LogP contribution in [0, 0.1) is 11.8 Å². The van der Waals surface area contributed by atoms with Gasteiger partial charge in [0.25, 0.3) is 6.43 Å². The molecule has 9 nitrogen and oxygen atoms in total. The second-order valence-corrected chi connectivity index (χ2v) is 11.6. The SMILES string of the molecule is CN1CCCC(C(=O)N2CC[C@H](CCCc3nc(N4CCOCC4)cc(-n4c(C(F)F)nc5ccccc54)n3)C2)C1. The number of nitrogens with zero attached hydrogens (tertiary/aromatic N) is 7. The molecule has 3 aliphatic rings. The standard InChI is InChI=1S/C30H39F2N7O2/c1-36-12-5-7-22(20-36)30(40)38-13-11-21(19-38)6-4-10-25-34-26(37-14-16-41-17-15-37)18-27(35-25)39-24-9-3-2-8-23(24)33-29(39)28(31)32/h2-3,8-9,18,21-22,28H,4-7,10-17,19-20H2,1H3/t21-,22?/m0/s1. The number of halogens is 2. The molecule has 2 atom stereocenters. The van der Waals surface area contributed by atoms with Crippen molar-refractivity contribution >= 4 is 22.8 Å². The third-order valence-electron chi connectivity index (χ3n) is 8.68. The van der Waals surface area contributed by atoms with Crippen LogP contribution in [-0.2, 0) is 16.0 Å². The highest BCUT2D eigenvalue weighted by molar-refractivity contribution is 5.79. The minimum atomic E-state index is -2.74. The van der Waals surface area contributed by atoms with Crippen molar-refractivity contribution in [2.24, 2.45) is 11.8 Å². The normalized spacial score (nSPS) is 22.2. The van der Waals surface area contributed by atoms with E-state index in [-0.39, 0.29) is 11.7 Å². The zero-order valence-corrected chi connectivity index (χ0v) is 23.7. The van der Waals surface area contributed by atoms with Crippen molar-refractivity contribution in [2.45, 2.75) is 45.0 Å². The second-order valence-electron chi connectivity index (χ2n) is 11.6. The summed E-state index contributed by atoms with van der Waals surface area (Å²) in [4.78, 5) is 33.4. The zero-order valence-electron chi connectivity index (χ0n) is 23.7. The number of aromatic nitrogens is 4. The number of aryl methyl sites for hydroxylation is 1. The lowest BCUT2D eigenvalue weighted by Crippen LogP contribution is -2.42. The van der Waals surface area contributed by atoms with Gasteiger partial charge in [0.2, 0.25) is 5.91 Å². The number of amides is 1. The molecular formula is C30H39F2N7O2. The maximum atomic E-state index is 14.1. The van der Waals surface area contributed by atoms with Crippen molar-refractivity contribution in [3.63, 3.8) is 0 Å². The number of carbonyl (C=O) groups is 1. The van der Waals surface area contributed by atoms with E-state index in [1.54, 1.807) is 24.3 Å². The maximum Gasteiger partial charge on any atom is 0.296 e. The summed E-state index contributed by atoms with van der Waals surface area (Å²) >= 11 is 0. The van der Waals surface area contributed by atoms with Gasteiger partial charge in [0, 0.05) is 45.2 Å². The van der Waals surface area contributed by atoms with E-state index in [0.29, 0.717) is 67.2 Å². The van der Waals surface area contributed by atoms with Crippen LogP contribution in [-0.4, -0.2) is 94.8 Å². The average Bonchev–Trinajstić information content (AvgIpc) is 3.62. The van der Waals surface area contributed by atoms with Crippen molar-refractivity contribution < 1.29 is 18.3 Å². The summed E-state index contributed by atoms with van der Waals surface area (Å²) in [5, 5.41) is 0. The van der Waals surface area contributed by atoms with Crippen LogP contribution in [0.15, 0.2) is 30.3 Å². The zero-order chi connectivity index (χ0) is 28.3. The van der Waals surface area contributed by atoms with Gasteiger partial charge in [-0.3, -0.25) is 9.36 Å². The van der Waals surface area contributed by atoms with Gasteiger partial charge in [-0.25, -0.2) is 23.7 Å². The van der Waals surface area contributed by atoms with Gasteiger partial charge in [-0.05, 0) is 63.7 Å². The number of benzene rings is 1. The van der Waals surface area contributed by atoms with E-state index >= 15 is 0 Å². The molecule has 6 rings (SSSR count). The minimum Gasteiger partial charge on any atom is -0.378 e. The lowest BCUT2D eigenvalue weighted by atomic mass is 9.97. The van der Waals surface area contributed by atoms with Crippen molar-refractivity contribution in [1.29, 1.82) is 0 Å². The van der Waals surface area contributed by atoms with Crippen molar-refractivity contribution in [1.82, 2.24) is 29.3 Å². The lowest BCUT2D eigenvalue weighted by molar-refractivity contribution is -0.136. The molecule has 5 heterocycles. The molecule has 0 spiro atoms. The fourth-order valence-electron chi connectivity index (χ4n) is 6.53. The number of hydrogen-bond donors (Lipinski definition) is 0. The summed E-state index contributed by atoms with van der Waals surface area (Å²) in [7, 11) is 2.09. The fourth-order valence-corrected chi connectivity index (χ4v) is 6.53. The highest BCUT2D eigenvalue weighted by Crippen LogP contribution is 2.30. The first-order valence-corrected chi connectivity index (χ1v) is 14.9. The Hall–Kier alpha value is -3.18. The van der Waals surface area contributed by atoms with E-state index < -0.39 is 6.43 Å². The van der Waals surface area contributed by atoms with Crippen LogP contribution in [0.4, 0.5) is 14.6 Å². The number of piperidine rings is 1. The first kappa shape index (κ1) is 28.0.